The largest absolute Gasteiger partial charge is 0.447 e. The molecule has 1 aromatic carbocycles. The van der Waals surface area contributed by atoms with Crippen LogP contribution in [0.5, 0.6) is 0 Å². The lowest BCUT2D eigenvalue weighted by Crippen LogP contribution is -2.44. The molecule has 0 saturated carbocycles. The number of hydrogen-bond donors (Lipinski definition) is 2. The van der Waals surface area contributed by atoms with Gasteiger partial charge in [-0.1, -0.05) is 6.07 Å². The molecule has 3 amide bonds. The highest BCUT2D eigenvalue weighted by Crippen LogP contribution is 2.26. The second kappa shape index (κ2) is 9.27. The molecule has 30 heavy (non-hydrogen) atoms. The van der Waals surface area contributed by atoms with Gasteiger partial charge in [0.1, 0.15) is 5.82 Å². The number of amides is 3. The number of nitrogens with zero attached hydrogens (tertiary/aromatic N) is 3. The molecule has 0 aliphatic heterocycles. The molecule has 0 fully saturated rings. The fourth-order valence-electron chi connectivity index (χ4n) is 2.41. The number of halogens is 1. The monoisotopic (exact) mass is 431 g/mol. The summed E-state index contributed by atoms with van der Waals surface area (Å²) in [4.78, 5) is 40.9. The number of carbonyl (C=O) groups is 3. The number of carbonyl (C=O) groups excluding carboxylic acids is 3. The van der Waals surface area contributed by atoms with Crippen LogP contribution in [0, 0.1) is 5.82 Å². The Balaban J connectivity index is 1.83. The number of esters is 1. The number of aromatic nitrogens is 3. The standard InChI is InChI=1S/C19H18FN5O4S/c1-3-21-19(28)23-17(26)11(2)29-18(27)15-22-16(14-5-4-10-30-14)25(24-15)13-8-6-12(20)7-9-13/h4-11H,3H2,1-2H3,(H2,21,23,26,28). The zero-order valence-electron chi connectivity index (χ0n) is 16.1. The van der Waals surface area contributed by atoms with Crippen molar-refractivity contribution in [2.45, 2.75) is 20.0 Å². The van der Waals surface area contributed by atoms with Crippen LogP contribution in [0.4, 0.5) is 9.18 Å². The van der Waals surface area contributed by atoms with Gasteiger partial charge in [-0.25, -0.2) is 18.7 Å². The van der Waals surface area contributed by atoms with Crippen molar-refractivity contribution in [2.24, 2.45) is 0 Å². The van der Waals surface area contributed by atoms with E-state index >= 15 is 0 Å². The van der Waals surface area contributed by atoms with Crippen LogP contribution < -0.4 is 10.6 Å². The Morgan fingerprint density at radius 2 is 1.97 bits per heavy atom. The van der Waals surface area contributed by atoms with Crippen molar-refractivity contribution in [3.05, 3.63) is 53.4 Å². The number of ether oxygens (including phenoxy) is 1. The molecule has 1 atom stereocenters. The summed E-state index contributed by atoms with van der Waals surface area (Å²) in [5.74, 6) is -2.05. The maximum Gasteiger partial charge on any atom is 0.379 e. The van der Waals surface area contributed by atoms with Gasteiger partial charge in [-0.15, -0.1) is 16.4 Å². The number of benzene rings is 1. The molecular weight excluding hydrogens is 413 g/mol. The van der Waals surface area contributed by atoms with Gasteiger partial charge in [0.15, 0.2) is 11.9 Å². The highest BCUT2D eigenvalue weighted by Gasteiger charge is 2.25. The Morgan fingerprint density at radius 1 is 1.23 bits per heavy atom. The van der Waals surface area contributed by atoms with E-state index in [0.29, 0.717) is 18.1 Å². The van der Waals surface area contributed by atoms with Crippen molar-refractivity contribution in [3.8, 4) is 16.4 Å². The summed E-state index contributed by atoms with van der Waals surface area (Å²) in [7, 11) is 0. The third-order valence-corrected chi connectivity index (χ3v) is 4.70. The Kier molecular flexibility index (Phi) is 6.52. The highest BCUT2D eigenvalue weighted by atomic mass is 32.1. The maximum atomic E-state index is 13.3. The predicted molar refractivity (Wildman–Crippen MR) is 107 cm³/mol. The van der Waals surface area contributed by atoms with Crippen molar-refractivity contribution in [1.82, 2.24) is 25.4 Å². The molecule has 2 aromatic heterocycles. The van der Waals surface area contributed by atoms with Crippen LogP contribution in [0.1, 0.15) is 24.5 Å². The average Bonchev–Trinajstić information content (AvgIpc) is 3.38. The third-order valence-electron chi connectivity index (χ3n) is 3.83. The van der Waals surface area contributed by atoms with Crippen LogP contribution in [-0.4, -0.2) is 45.3 Å². The normalized spacial score (nSPS) is 11.6. The van der Waals surface area contributed by atoms with Gasteiger partial charge in [-0.2, -0.15) is 4.98 Å². The minimum Gasteiger partial charge on any atom is -0.447 e. The first kappa shape index (κ1) is 21.1. The van der Waals surface area contributed by atoms with Crippen molar-refractivity contribution in [3.63, 3.8) is 0 Å². The maximum absolute atomic E-state index is 13.3. The quantitative estimate of drug-likeness (QED) is 0.580. The smallest absolute Gasteiger partial charge is 0.379 e. The Labute approximate surface area is 174 Å². The topological polar surface area (TPSA) is 115 Å². The average molecular weight is 431 g/mol. The Bertz CT molecular complexity index is 1050. The fourth-order valence-corrected chi connectivity index (χ4v) is 3.11. The van der Waals surface area contributed by atoms with E-state index in [2.05, 4.69) is 20.7 Å². The fraction of sp³-hybridized carbons (Fsp3) is 0.211. The molecule has 0 spiro atoms. The van der Waals surface area contributed by atoms with Crippen molar-refractivity contribution >= 4 is 29.2 Å². The number of imide groups is 1. The van der Waals surface area contributed by atoms with Crippen LogP contribution in [-0.2, 0) is 9.53 Å². The molecule has 3 rings (SSSR count). The summed E-state index contributed by atoms with van der Waals surface area (Å²) in [6.45, 7) is 3.36. The Morgan fingerprint density at radius 3 is 2.60 bits per heavy atom. The minimum atomic E-state index is -1.25. The summed E-state index contributed by atoms with van der Waals surface area (Å²) in [6, 6.07) is 8.45. The molecule has 3 aromatic rings. The first-order chi connectivity index (χ1) is 14.4. The van der Waals surface area contributed by atoms with E-state index in [1.165, 1.54) is 47.2 Å². The van der Waals surface area contributed by atoms with Crippen LogP contribution >= 0.6 is 11.3 Å². The number of rotatable bonds is 6. The first-order valence-electron chi connectivity index (χ1n) is 8.95. The van der Waals surface area contributed by atoms with Crippen LogP contribution in [0.3, 0.4) is 0 Å². The van der Waals surface area contributed by atoms with E-state index in [1.807, 2.05) is 11.4 Å². The van der Waals surface area contributed by atoms with E-state index in [4.69, 9.17) is 4.74 Å². The van der Waals surface area contributed by atoms with Crippen molar-refractivity contribution in [1.29, 1.82) is 0 Å². The molecule has 9 nitrogen and oxygen atoms in total. The second-order valence-corrected chi connectivity index (χ2v) is 6.97. The summed E-state index contributed by atoms with van der Waals surface area (Å²) in [6.07, 6.45) is -1.25. The molecule has 1 unspecified atom stereocenters. The lowest BCUT2D eigenvalue weighted by atomic mass is 10.3. The second-order valence-electron chi connectivity index (χ2n) is 6.02. The molecule has 0 aliphatic carbocycles. The summed E-state index contributed by atoms with van der Waals surface area (Å²) in [5.41, 5.74) is 0.494. The molecule has 11 heteroatoms. The molecule has 0 radical (unpaired) electrons. The van der Waals surface area contributed by atoms with Gasteiger partial charge in [-0.05, 0) is 49.6 Å². The minimum absolute atomic E-state index is 0.277. The molecule has 156 valence electrons. The van der Waals surface area contributed by atoms with Crippen molar-refractivity contribution < 1.29 is 23.5 Å². The SMILES string of the molecule is CCNC(=O)NC(=O)C(C)OC(=O)c1nc(-c2cccs2)n(-c2ccc(F)cc2)n1. The van der Waals surface area contributed by atoms with E-state index in [1.54, 1.807) is 13.0 Å². The summed E-state index contributed by atoms with van der Waals surface area (Å²) >= 11 is 1.39. The molecular formula is C19H18FN5O4S. The zero-order chi connectivity index (χ0) is 21.7. The van der Waals surface area contributed by atoms with E-state index in [-0.39, 0.29) is 5.82 Å². The molecule has 2 N–H and O–H groups in total. The number of nitrogens with one attached hydrogen (secondary N) is 2. The van der Waals surface area contributed by atoms with Crippen molar-refractivity contribution in [2.75, 3.05) is 6.54 Å². The number of thiophene rings is 1. The van der Waals surface area contributed by atoms with Gasteiger partial charge in [0.25, 0.3) is 11.7 Å². The van der Waals surface area contributed by atoms with E-state index in [0.717, 1.165) is 4.88 Å². The predicted octanol–water partition coefficient (Wildman–Crippen LogP) is 2.53. The lowest BCUT2D eigenvalue weighted by Gasteiger charge is -2.11. The number of hydrogen-bond acceptors (Lipinski definition) is 7. The van der Waals surface area contributed by atoms with Gasteiger partial charge in [0.05, 0.1) is 10.6 Å². The van der Waals surface area contributed by atoms with E-state index in [9.17, 15) is 18.8 Å². The van der Waals surface area contributed by atoms with Gasteiger partial charge in [0, 0.05) is 6.54 Å². The van der Waals surface area contributed by atoms with Gasteiger partial charge in [-0.3, -0.25) is 10.1 Å². The van der Waals surface area contributed by atoms with Gasteiger partial charge < -0.3 is 10.1 Å². The third kappa shape index (κ3) is 4.87. The lowest BCUT2D eigenvalue weighted by molar-refractivity contribution is -0.127. The van der Waals surface area contributed by atoms with Crippen LogP contribution in [0.2, 0.25) is 0 Å². The molecule has 2 heterocycles. The highest BCUT2D eigenvalue weighted by molar-refractivity contribution is 7.13. The Hall–Kier alpha value is -3.60. The summed E-state index contributed by atoms with van der Waals surface area (Å²) < 4.78 is 19.8. The number of urea groups is 1. The van der Waals surface area contributed by atoms with Crippen LogP contribution in [0.15, 0.2) is 41.8 Å². The van der Waals surface area contributed by atoms with Crippen LogP contribution in [0.25, 0.3) is 16.4 Å². The van der Waals surface area contributed by atoms with E-state index < -0.39 is 29.8 Å². The molecule has 0 aliphatic rings. The van der Waals surface area contributed by atoms with Gasteiger partial charge >= 0.3 is 12.0 Å². The van der Waals surface area contributed by atoms with Gasteiger partial charge in [0.2, 0.25) is 0 Å². The molecule has 0 bridgehead atoms. The molecule has 0 saturated heterocycles. The zero-order valence-corrected chi connectivity index (χ0v) is 16.9. The first-order valence-corrected chi connectivity index (χ1v) is 9.83. The summed E-state index contributed by atoms with van der Waals surface area (Å²) in [5, 5.41) is 10.5.